The number of halogens is 3. The van der Waals surface area contributed by atoms with Gasteiger partial charge in [-0.2, -0.15) is 18.2 Å². The van der Waals surface area contributed by atoms with Crippen LogP contribution in [0.3, 0.4) is 0 Å². The third-order valence-corrected chi connectivity index (χ3v) is 3.53. The van der Waals surface area contributed by atoms with Gasteiger partial charge in [-0.1, -0.05) is 0 Å². The molecule has 1 saturated carbocycles. The third kappa shape index (κ3) is 3.75. The number of rotatable bonds is 4. The first kappa shape index (κ1) is 15.8. The summed E-state index contributed by atoms with van der Waals surface area (Å²) in [5.41, 5.74) is -0.948. The molecule has 8 heteroatoms. The molecule has 1 aromatic heterocycles. The Bertz CT molecular complexity index is 501. The fourth-order valence-corrected chi connectivity index (χ4v) is 2.29. The number of alkyl halides is 3. The molecule has 1 fully saturated rings. The summed E-state index contributed by atoms with van der Waals surface area (Å²) in [6.07, 6.45) is -3.45. The van der Waals surface area contributed by atoms with Crippen molar-refractivity contribution in [1.82, 2.24) is 9.97 Å². The van der Waals surface area contributed by atoms with E-state index in [0.717, 1.165) is 6.07 Å². The molecule has 118 valence electrons. The van der Waals surface area contributed by atoms with Crippen molar-refractivity contribution in [2.75, 3.05) is 37.5 Å². The van der Waals surface area contributed by atoms with E-state index in [-0.39, 0.29) is 23.8 Å². The van der Waals surface area contributed by atoms with Gasteiger partial charge in [-0.3, -0.25) is 0 Å². The van der Waals surface area contributed by atoms with E-state index in [0.29, 0.717) is 19.4 Å². The Morgan fingerprint density at radius 3 is 2.33 bits per heavy atom. The van der Waals surface area contributed by atoms with Crippen molar-refractivity contribution in [3.63, 3.8) is 0 Å². The maximum atomic E-state index is 12.9. The molecule has 0 amide bonds. The van der Waals surface area contributed by atoms with Crippen molar-refractivity contribution < 1.29 is 18.3 Å². The van der Waals surface area contributed by atoms with E-state index in [2.05, 4.69) is 9.97 Å². The molecule has 21 heavy (non-hydrogen) atoms. The van der Waals surface area contributed by atoms with Crippen molar-refractivity contribution in [3.8, 4) is 0 Å². The number of aromatic nitrogens is 2. The van der Waals surface area contributed by atoms with Gasteiger partial charge in [0.25, 0.3) is 0 Å². The summed E-state index contributed by atoms with van der Waals surface area (Å²) in [7, 11) is 4.93. The van der Waals surface area contributed by atoms with Crippen LogP contribution in [0.2, 0.25) is 0 Å². The largest absolute Gasteiger partial charge is 0.433 e. The van der Waals surface area contributed by atoms with Crippen LogP contribution >= 0.6 is 0 Å². The number of aliphatic hydroxyl groups excluding tert-OH is 1. The zero-order valence-electron chi connectivity index (χ0n) is 12.2. The molecule has 0 radical (unpaired) electrons. The molecule has 1 aromatic rings. The summed E-state index contributed by atoms with van der Waals surface area (Å²) in [6, 6.07) is 0.935. The molecule has 0 atom stereocenters. The summed E-state index contributed by atoms with van der Waals surface area (Å²) in [6.45, 7) is 0.533. The Kier molecular flexibility index (Phi) is 4.27. The Balaban J connectivity index is 2.22. The summed E-state index contributed by atoms with van der Waals surface area (Å²) in [4.78, 5) is 10.9. The maximum Gasteiger partial charge on any atom is 0.433 e. The average molecular weight is 304 g/mol. The van der Waals surface area contributed by atoms with Gasteiger partial charge in [0.15, 0.2) is 5.69 Å². The van der Waals surface area contributed by atoms with Gasteiger partial charge in [-0.05, 0) is 18.8 Å². The van der Waals surface area contributed by atoms with E-state index in [1.54, 1.807) is 26.0 Å². The minimum atomic E-state index is -4.50. The van der Waals surface area contributed by atoms with Crippen LogP contribution in [0.4, 0.5) is 24.9 Å². The second-order valence-corrected chi connectivity index (χ2v) is 5.68. The van der Waals surface area contributed by atoms with Crippen LogP contribution in [0.25, 0.3) is 0 Å². The highest BCUT2D eigenvalue weighted by atomic mass is 19.4. The van der Waals surface area contributed by atoms with Gasteiger partial charge < -0.3 is 14.9 Å². The molecule has 1 aliphatic carbocycles. The quantitative estimate of drug-likeness (QED) is 0.919. The van der Waals surface area contributed by atoms with Crippen molar-refractivity contribution in [2.24, 2.45) is 5.92 Å². The van der Waals surface area contributed by atoms with E-state index < -0.39 is 11.9 Å². The lowest BCUT2D eigenvalue weighted by Gasteiger charge is -2.34. The molecular formula is C13H19F3N4O. The smallest absolute Gasteiger partial charge is 0.393 e. The van der Waals surface area contributed by atoms with Gasteiger partial charge in [0.05, 0.1) is 6.10 Å². The maximum absolute atomic E-state index is 12.9. The Morgan fingerprint density at radius 1 is 1.24 bits per heavy atom. The summed E-state index contributed by atoms with van der Waals surface area (Å²) < 4.78 is 38.7. The van der Waals surface area contributed by atoms with Gasteiger partial charge >= 0.3 is 6.18 Å². The number of nitrogens with zero attached hydrogens (tertiary/aromatic N) is 4. The molecule has 0 saturated heterocycles. The lowest BCUT2D eigenvalue weighted by molar-refractivity contribution is -0.141. The highest BCUT2D eigenvalue weighted by Crippen LogP contribution is 2.32. The monoisotopic (exact) mass is 304 g/mol. The van der Waals surface area contributed by atoms with Crippen LogP contribution in [-0.4, -0.2) is 48.9 Å². The molecular weight excluding hydrogens is 285 g/mol. The molecule has 1 heterocycles. The van der Waals surface area contributed by atoms with Crippen LogP contribution in [-0.2, 0) is 6.18 Å². The van der Waals surface area contributed by atoms with Gasteiger partial charge in [-0.25, -0.2) is 4.98 Å². The van der Waals surface area contributed by atoms with Crippen LogP contribution in [0.5, 0.6) is 0 Å². The van der Waals surface area contributed by atoms with E-state index in [4.69, 9.17) is 0 Å². The normalized spacial score (nSPS) is 21.9. The fourth-order valence-electron chi connectivity index (χ4n) is 2.29. The molecule has 0 spiro atoms. The SMILES string of the molecule is CN(C)c1cc(C(F)(F)F)nc(N(C)CC2CC(O)C2)n1. The average Bonchev–Trinajstić information content (AvgIpc) is 2.35. The van der Waals surface area contributed by atoms with Crippen LogP contribution < -0.4 is 9.80 Å². The molecule has 0 unspecified atom stereocenters. The Labute approximate surface area is 121 Å². The summed E-state index contributed by atoms with van der Waals surface area (Å²) in [5.74, 6) is 0.536. The Morgan fingerprint density at radius 2 is 1.86 bits per heavy atom. The standard InChI is InChI=1S/C13H19F3N4O/c1-19(2)11-6-10(13(14,15)16)17-12(18-11)20(3)7-8-4-9(21)5-8/h6,8-9,21H,4-5,7H2,1-3H3. The van der Waals surface area contributed by atoms with E-state index >= 15 is 0 Å². The predicted octanol–water partition coefficient (Wildman–Crippen LogP) is 1.77. The highest BCUT2D eigenvalue weighted by molar-refractivity contribution is 5.45. The van der Waals surface area contributed by atoms with Crippen LogP contribution in [0.15, 0.2) is 6.07 Å². The van der Waals surface area contributed by atoms with Crippen molar-refractivity contribution >= 4 is 11.8 Å². The molecule has 5 nitrogen and oxygen atoms in total. The van der Waals surface area contributed by atoms with E-state index in [9.17, 15) is 18.3 Å². The van der Waals surface area contributed by atoms with Gasteiger partial charge in [-0.15, -0.1) is 0 Å². The molecule has 1 N–H and O–H groups in total. The highest BCUT2D eigenvalue weighted by Gasteiger charge is 2.35. The number of hydrogen-bond acceptors (Lipinski definition) is 5. The molecule has 1 aliphatic rings. The first-order chi connectivity index (χ1) is 9.66. The number of hydrogen-bond donors (Lipinski definition) is 1. The topological polar surface area (TPSA) is 52.5 Å². The number of aliphatic hydroxyl groups is 1. The second kappa shape index (κ2) is 5.67. The minimum absolute atomic E-state index is 0.0508. The second-order valence-electron chi connectivity index (χ2n) is 5.68. The lowest BCUT2D eigenvalue weighted by atomic mass is 9.82. The van der Waals surface area contributed by atoms with E-state index in [1.807, 2.05) is 0 Å². The zero-order chi connectivity index (χ0) is 15.8. The number of anilines is 2. The first-order valence-electron chi connectivity index (χ1n) is 6.69. The van der Waals surface area contributed by atoms with Crippen LogP contribution in [0.1, 0.15) is 18.5 Å². The zero-order valence-corrected chi connectivity index (χ0v) is 12.2. The van der Waals surface area contributed by atoms with Crippen molar-refractivity contribution in [2.45, 2.75) is 25.1 Å². The molecule has 2 rings (SSSR count). The fraction of sp³-hybridized carbons (Fsp3) is 0.692. The van der Waals surface area contributed by atoms with E-state index in [1.165, 1.54) is 4.90 Å². The van der Waals surface area contributed by atoms with Crippen molar-refractivity contribution in [1.29, 1.82) is 0 Å². The molecule has 0 aliphatic heterocycles. The molecule has 0 aromatic carbocycles. The summed E-state index contributed by atoms with van der Waals surface area (Å²) >= 11 is 0. The van der Waals surface area contributed by atoms with Crippen LogP contribution in [0, 0.1) is 5.92 Å². The predicted molar refractivity (Wildman–Crippen MR) is 73.4 cm³/mol. The van der Waals surface area contributed by atoms with Gasteiger partial charge in [0, 0.05) is 33.8 Å². The third-order valence-electron chi connectivity index (χ3n) is 3.53. The lowest BCUT2D eigenvalue weighted by Crippen LogP contribution is -2.38. The Hall–Kier alpha value is -1.57. The van der Waals surface area contributed by atoms with Crippen molar-refractivity contribution in [3.05, 3.63) is 11.8 Å². The molecule has 0 bridgehead atoms. The summed E-state index contributed by atoms with van der Waals surface area (Å²) in [5, 5.41) is 9.26. The van der Waals surface area contributed by atoms with Gasteiger partial charge in [0.2, 0.25) is 5.95 Å². The minimum Gasteiger partial charge on any atom is -0.393 e. The first-order valence-corrected chi connectivity index (χ1v) is 6.69. The van der Waals surface area contributed by atoms with Gasteiger partial charge in [0.1, 0.15) is 5.82 Å².